The Labute approximate surface area is 149 Å². The molecular weight excluding hydrogens is 343 g/mol. The lowest BCUT2D eigenvalue weighted by Crippen LogP contribution is -2.41. The predicted octanol–water partition coefficient (Wildman–Crippen LogP) is 3.96. The summed E-state index contributed by atoms with van der Waals surface area (Å²) in [6.07, 6.45) is 3.58. The molecule has 0 radical (unpaired) electrons. The number of hydrogen-bond acceptors (Lipinski definition) is 2. The molecule has 1 saturated heterocycles. The van der Waals surface area contributed by atoms with Crippen LogP contribution >= 0.6 is 11.6 Å². The summed E-state index contributed by atoms with van der Waals surface area (Å²) in [6, 6.07) is 12.8. The van der Waals surface area contributed by atoms with E-state index in [1.807, 2.05) is 36.4 Å². The molecule has 2 aromatic carbocycles. The van der Waals surface area contributed by atoms with Gasteiger partial charge in [-0.3, -0.25) is 9.69 Å². The highest BCUT2D eigenvalue weighted by atomic mass is 35.5. The van der Waals surface area contributed by atoms with E-state index < -0.39 is 23.3 Å². The number of nitrogens with one attached hydrogen (secondary N) is 1. The largest absolute Gasteiger partial charge is 0.325 e. The number of nitrogens with zero attached hydrogens (tertiary/aromatic N) is 1. The maximum absolute atomic E-state index is 13.3. The van der Waals surface area contributed by atoms with E-state index in [-0.39, 0.29) is 11.6 Å². The van der Waals surface area contributed by atoms with Crippen molar-refractivity contribution >= 4 is 29.6 Å². The Bertz CT molecular complexity index is 854. The molecule has 1 unspecified atom stereocenters. The molecule has 1 atom stereocenters. The first kappa shape index (κ1) is 17.2. The van der Waals surface area contributed by atoms with E-state index in [1.54, 1.807) is 13.0 Å². The fourth-order valence-corrected chi connectivity index (χ4v) is 3.15. The number of amides is 3. The molecule has 6 heteroatoms. The van der Waals surface area contributed by atoms with Gasteiger partial charge in [0, 0.05) is 17.1 Å². The highest BCUT2D eigenvalue weighted by Gasteiger charge is 2.49. The molecule has 0 spiro atoms. The van der Waals surface area contributed by atoms with Gasteiger partial charge in [0.2, 0.25) is 0 Å². The molecule has 4 nitrogen and oxygen atoms in total. The molecule has 1 aliphatic heterocycles. The van der Waals surface area contributed by atoms with Gasteiger partial charge in [-0.15, -0.1) is 0 Å². The van der Waals surface area contributed by atoms with E-state index in [9.17, 15) is 14.0 Å². The summed E-state index contributed by atoms with van der Waals surface area (Å²) in [4.78, 5) is 26.1. The van der Waals surface area contributed by atoms with Crippen molar-refractivity contribution in [3.8, 4) is 0 Å². The summed E-state index contributed by atoms with van der Waals surface area (Å²) in [7, 11) is 0. The van der Waals surface area contributed by atoms with Crippen LogP contribution in [0, 0.1) is 5.82 Å². The molecule has 0 saturated carbocycles. The molecule has 0 aliphatic carbocycles. The molecule has 3 amide bonds. The molecule has 1 fully saturated rings. The van der Waals surface area contributed by atoms with Gasteiger partial charge in [0.25, 0.3) is 5.91 Å². The van der Waals surface area contributed by atoms with Gasteiger partial charge in [-0.2, -0.15) is 0 Å². The number of hydrogen-bond donors (Lipinski definition) is 1. The maximum Gasteiger partial charge on any atom is 0.325 e. The van der Waals surface area contributed by atoms with E-state index >= 15 is 0 Å². The smallest absolute Gasteiger partial charge is 0.319 e. The second-order valence-electron chi connectivity index (χ2n) is 5.91. The number of carbonyl (C=O) groups excluding carboxylic acids is 2. The minimum absolute atomic E-state index is 0.0952. The van der Waals surface area contributed by atoms with Crippen LogP contribution < -0.4 is 5.32 Å². The number of imide groups is 1. The van der Waals surface area contributed by atoms with E-state index in [2.05, 4.69) is 5.32 Å². The lowest BCUT2D eigenvalue weighted by molar-refractivity contribution is -0.130. The number of carbonyl (C=O) groups is 2. The van der Waals surface area contributed by atoms with Gasteiger partial charge in [0.05, 0.1) is 0 Å². The third kappa shape index (κ3) is 3.28. The minimum atomic E-state index is -1.32. The van der Waals surface area contributed by atoms with Crippen LogP contribution in [0.2, 0.25) is 5.02 Å². The standard InChI is InChI=1S/C19H16ClFN2O2/c1-19(15-10-9-14(21)12-16(15)20)17(24)23(18(25)22-19)11-5-8-13-6-3-2-4-7-13/h2-10,12H,11H2,1H3,(H,22,25)/b8-5+. The van der Waals surface area contributed by atoms with E-state index in [4.69, 9.17) is 11.6 Å². The highest BCUT2D eigenvalue weighted by Crippen LogP contribution is 2.33. The molecular formula is C19H16ClFN2O2. The van der Waals surface area contributed by atoms with E-state index in [0.29, 0.717) is 5.56 Å². The van der Waals surface area contributed by atoms with Crippen molar-refractivity contribution in [3.05, 3.63) is 76.6 Å². The first-order valence-corrected chi connectivity index (χ1v) is 8.11. The van der Waals surface area contributed by atoms with Gasteiger partial charge < -0.3 is 5.32 Å². The topological polar surface area (TPSA) is 49.4 Å². The maximum atomic E-state index is 13.3. The predicted molar refractivity (Wildman–Crippen MR) is 94.5 cm³/mol. The first-order valence-electron chi connectivity index (χ1n) is 7.73. The van der Waals surface area contributed by atoms with Crippen LogP contribution in [0.3, 0.4) is 0 Å². The third-order valence-corrected chi connectivity index (χ3v) is 4.46. The van der Waals surface area contributed by atoms with Crippen molar-refractivity contribution in [1.82, 2.24) is 10.2 Å². The van der Waals surface area contributed by atoms with Crippen molar-refractivity contribution < 1.29 is 14.0 Å². The normalized spacial score (nSPS) is 20.4. The van der Waals surface area contributed by atoms with Crippen LogP contribution in [-0.2, 0) is 10.3 Å². The number of benzene rings is 2. The fourth-order valence-electron chi connectivity index (χ4n) is 2.80. The molecule has 2 aromatic rings. The van der Waals surface area contributed by atoms with Crippen LogP contribution in [-0.4, -0.2) is 23.4 Å². The van der Waals surface area contributed by atoms with Crippen LogP contribution in [0.1, 0.15) is 18.1 Å². The Morgan fingerprint density at radius 3 is 2.60 bits per heavy atom. The Balaban J connectivity index is 1.81. The number of halogens is 2. The SMILES string of the molecule is CC1(c2ccc(F)cc2Cl)NC(=O)N(C/C=C/c2ccccc2)C1=O. The average molecular weight is 359 g/mol. The Kier molecular flexibility index (Phi) is 4.59. The quantitative estimate of drug-likeness (QED) is 0.841. The highest BCUT2D eigenvalue weighted by molar-refractivity contribution is 6.32. The van der Waals surface area contributed by atoms with Gasteiger partial charge in [-0.05, 0) is 24.6 Å². The molecule has 0 bridgehead atoms. The van der Waals surface area contributed by atoms with Crippen LogP contribution in [0.5, 0.6) is 0 Å². The summed E-state index contributed by atoms with van der Waals surface area (Å²) in [5.41, 5.74) is 0.0185. The Morgan fingerprint density at radius 1 is 1.20 bits per heavy atom. The average Bonchev–Trinajstić information content (AvgIpc) is 2.79. The molecule has 128 valence electrons. The monoisotopic (exact) mass is 358 g/mol. The lowest BCUT2D eigenvalue weighted by atomic mass is 9.92. The minimum Gasteiger partial charge on any atom is -0.319 e. The Morgan fingerprint density at radius 2 is 1.92 bits per heavy atom. The van der Waals surface area contributed by atoms with Crippen molar-refractivity contribution in [1.29, 1.82) is 0 Å². The summed E-state index contributed by atoms with van der Waals surface area (Å²) in [5, 5.41) is 2.75. The van der Waals surface area contributed by atoms with Crippen molar-refractivity contribution in [3.63, 3.8) is 0 Å². The summed E-state index contributed by atoms with van der Waals surface area (Å²) < 4.78 is 13.3. The van der Waals surface area contributed by atoms with Crippen LogP contribution in [0.25, 0.3) is 6.08 Å². The molecule has 0 aromatic heterocycles. The second-order valence-corrected chi connectivity index (χ2v) is 6.32. The molecule has 25 heavy (non-hydrogen) atoms. The molecule has 1 aliphatic rings. The third-order valence-electron chi connectivity index (χ3n) is 4.14. The first-order chi connectivity index (χ1) is 11.9. The molecule has 1 heterocycles. The van der Waals surface area contributed by atoms with Crippen molar-refractivity contribution in [2.24, 2.45) is 0 Å². The molecule has 1 N–H and O–H groups in total. The fraction of sp³-hybridized carbons (Fsp3) is 0.158. The van der Waals surface area contributed by atoms with Gasteiger partial charge in [0.1, 0.15) is 11.4 Å². The summed E-state index contributed by atoms with van der Waals surface area (Å²) >= 11 is 6.07. The number of urea groups is 1. The Hall–Kier alpha value is -2.66. The van der Waals surface area contributed by atoms with E-state index in [1.165, 1.54) is 12.1 Å². The van der Waals surface area contributed by atoms with E-state index in [0.717, 1.165) is 16.5 Å². The second kappa shape index (κ2) is 6.69. The summed E-state index contributed by atoms with van der Waals surface area (Å²) in [6.45, 7) is 1.70. The van der Waals surface area contributed by atoms with Crippen molar-refractivity contribution in [2.45, 2.75) is 12.5 Å². The van der Waals surface area contributed by atoms with Gasteiger partial charge >= 0.3 is 6.03 Å². The van der Waals surface area contributed by atoms with Crippen LogP contribution in [0.4, 0.5) is 9.18 Å². The van der Waals surface area contributed by atoms with Gasteiger partial charge in [-0.25, -0.2) is 9.18 Å². The van der Waals surface area contributed by atoms with Crippen molar-refractivity contribution in [2.75, 3.05) is 6.54 Å². The zero-order valence-corrected chi connectivity index (χ0v) is 14.3. The lowest BCUT2D eigenvalue weighted by Gasteiger charge is -2.23. The number of rotatable bonds is 4. The molecule has 3 rings (SSSR count). The zero-order valence-electron chi connectivity index (χ0n) is 13.5. The van der Waals surface area contributed by atoms with Crippen LogP contribution in [0.15, 0.2) is 54.6 Å². The van der Waals surface area contributed by atoms with Gasteiger partial charge in [0.15, 0.2) is 0 Å². The summed E-state index contributed by atoms with van der Waals surface area (Å²) in [5.74, 6) is -0.930. The van der Waals surface area contributed by atoms with Gasteiger partial charge in [-0.1, -0.05) is 60.2 Å². The zero-order chi connectivity index (χ0) is 18.0.